The molecule has 0 fully saturated rings. The highest BCUT2D eigenvalue weighted by atomic mass is 32.2. The largest absolute Gasteiger partial charge is 0.396 e. The van der Waals surface area contributed by atoms with Gasteiger partial charge in [-0.3, -0.25) is 4.57 Å². The van der Waals surface area contributed by atoms with Gasteiger partial charge in [-0.1, -0.05) is 12.2 Å². The third kappa shape index (κ3) is 2.58. The normalized spacial score (nSPS) is 27.3. The molecule has 2 heterocycles. The van der Waals surface area contributed by atoms with E-state index in [4.69, 9.17) is 10.8 Å². The summed E-state index contributed by atoms with van der Waals surface area (Å²) in [4.78, 5) is 15.4. The molecule has 6 nitrogen and oxygen atoms in total. The Kier molecular flexibility index (Phi) is 4.05. The maximum absolute atomic E-state index is 11.7. The molecule has 0 unspecified atom stereocenters. The molecule has 0 amide bonds. The highest BCUT2D eigenvalue weighted by molar-refractivity contribution is 8.00. The lowest BCUT2D eigenvalue weighted by atomic mass is 10.1. The van der Waals surface area contributed by atoms with Crippen LogP contribution in [-0.2, 0) is 0 Å². The molecule has 0 aliphatic carbocycles. The molecule has 0 bridgehead atoms. The zero-order valence-electron chi connectivity index (χ0n) is 9.64. The number of aromatic nitrogens is 2. The fraction of sp³-hybridized carbons (Fsp3) is 0.455. The molecular weight excluding hydrogens is 254 g/mol. The molecule has 3 atom stereocenters. The summed E-state index contributed by atoms with van der Waals surface area (Å²) < 4.78 is 1.45. The second-order valence-corrected chi connectivity index (χ2v) is 5.38. The van der Waals surface area contributed by atoms with Crippen LogP contribution < -0.4 is 11.4 Å². The first-order valence-corrected chi connectivity index (χ1v) is 6.50. The van der Waals surface area contributed by atoms with Crippen molar-refractivity contribution in [1.82, 2.24) is 9.55 Å². The van der Waals surface area contributed by atoms with Crippen LogP contribution in [0.4, 0.5) is 5.82 Å². The van der Waals surface area contributed by atoms with Crippen LogP contribution in [0.15, 0.2) is 29.2 Å². The maximum Gasteiger partial charge on any atom is 0.350 e. The van der Waals surface area contributed by atoms with Crippen LogP contribution in [0, 0.1) is 5.92 Å². The first-order valence-electron chi connectivity index (χ1n) is 5.56. The van der Waals surface area contributed by atoms with Gasteiger partial charge in [0, 0.05) is 17.4 Å². The summed E-state index contributed by atoms with van der Waals surface area (Å²) in [5, 5.41) is 18.1. The Morgan fingerprint density at radius 2 is 2.17 bits per heavy atom. The topological polar surface area (TPSA) is 101 Å². The number of nitrogens with two attached hydrogens (primary N) is 1. The number of hydrogen-bond acceptors (Lipinski definition) is 6. The van der Waals surface area contributed by atoms with Gasteiger partial charge in [-0.15, -0.1) is 11.8 Å². The van der Waals surface area contributed by atoms with Crippen LogP contribution in [-0.4, -0.2) is 38.2 Å². The zero-order valence-corrected chi connectivity index (χ0v) is 10.5. The second kappa shape index (κ2) is 5.55. The summed E-state index contributed by atoms with van der Waals surface area (Å²) in [6.45, 7) is -0.0653. The minimum Gasteiger partial charge on any atom is -0.396 e. The molecule has 0 aromatic carbocycles. The number of rotatable bonds is 3. The molecule has 1 aromatic rings. The highest BCUT2D eigenvalue weighted by Gasteiger charge is 2.27. The van der Waals surface area contributed by atoms with E-state index in [-0.39, 0.29) is 35.6 Å². The zero-order chi connectivity index (χ0) is 13.1. The van der Waals surface area contributed by atoms with Crippen molar-refractivity contribution < 1.29 is 10.2 Å². The van der Waals surface area contributed by atoms with Gasteiger partial charge in [0.1, 0.15) is 11.2 Å². The SMILES string of the molecule is Nc1ccn([C@@H]2C=C[C@@H](CO)[C@H](CO)S2)c(=O)n1. The summed E-state index contributed by atoms with van der Waals surface area (Å²) in [6.07, 6.45) is 5.24. The van der Waals surface area contributed by atoms with Crippen molar-refractivity contribution in [3.05, 3.63) is 34.9 Å². The van der Waals surface area contributed by atoms with Gasteiger partial charge in [-0.25, -0.2) is 4.79 Å². The summed E-state index contributed by atoms with van der Waals surface area (Å²) in [5.41, 5.74) is 5.01. The number of anilines is 1. The van der Waals surface area contributed by atoms with E-state index < -0.39 is 5.69 Å². The molecule has 0 saturated heterocycles. The predicted molar refractivity (Wildman–Crippen MR) is 70.1 cm³/mol. The fourth-order valence-corrected chi connectivity index (χ4v) is 3.12. The number of hydrogen-bond donors (Lipinski definition) is 3. The lowest BCUT2D eigenvalue weighted by Gasteiger charge is -2.29. The number of aliphatic hydroxyl groups is 2. The Balaban J connectivity index is 2.27. The molecule has 18 heavy (non-hydrogen) atoms. The highest BCUT2D eigenvalue weighted by Crippen LogP contribution is 2.36. The lowest BCUT2D eigenvalue weighted by molar-refractivity contribution is 0.212. The van der Waals surface area contributed by atoms with Gasteiger partial charge in [0.25, 0.3) is 0 Å². The fourth-order valence-electron chi connectivity index (χ4n) is 1.82. The van der Waals surface area contributed by atoms with Crippen LogP contribution in [0.3, 0.4) is 0 Å². The van der Waals surface area contributed by atoms with Crippen molar-refractivity contribution in [3.63, 3.8) is 0 Å². The first kappa shape index (κ1) is 13.1. The third-order valence-electron chi connectivity index (χ3n) is 2.83. The predicted octanol–water partition coefficient (Wildman–Crippen LogP) is -0.404. The van der Waals surface area contributed by atoms with Crippen LogP contribution in [0.1, 0.15) is 5.37 Å². The van der Waals surface area contributed by atoms with Crippen molar-refractivity contribution in [2.45, 2.75) is 10.6 Å². The molecule has 7 heteroatoms. The molecule has 2 rings (SSSR count). The van der Waals surface area contributed by atoms with Gasteiger partial charge in [-0.05, 0) is 6.07 Å². The van der Waals surface area contributed by atoms with Gasteiger partial charge in [0.05, 0.1) is 13.2 Å². The van der Waals surface area contributed by atoms with Gasteiger partial charge < -0.3 is 15.9 Å². The van der Waals surface area contributed by atoms with Gasteiger partial charge in [-0.2, -0.15) is 4.98 Å². The van der Waals surface area contributed by atoms with Crippen LogP contribution in [0.25, 0.3) is 0 Å². The quantitative estimate of drug-likeness (QED) is 0.645. The van der Waals surface area contributed by atoms with Crippen molar-refractivity contribution >= 4 is 17.6 Å². The molecule has 98 valence electrons. The standard InChI is InChI=1S/C11H15N3O3S/c12-9-3-4-14(11(17)13-9)10-2-1-7(5-15)8(6-16)18-10/h1-4,7-8,10,15-16H,5-6H2,(H2,12,13,17)/t7-,8-,10-/m0/s1. The molecular formula is C11H15N3O3S. The molecule has 1 aliphatic rings. The first-order chi connectivity index (χ1) is 8.65. The monoisotopic (exact) mass is 269 g/mol. The Labute approximate surface area is 108 Å². The summed E-state index contributed by atoms with van der Waals surface area (Å²) >= 11 is 1.42. The maximum atomic E-state index is 11.7. The Hall–Kier alpha value is -1.31. The number of thioether (sulfide) groups is 1. The molecule has 1 aromatic heterocycles. The number of nitrogens with zero attached hydrogens (tertiary/aromatic N) is 2. The van der Waals surface area contributed by atoms with Crippen molar-refractivity contribution in [3.8, 4) is 0 Å². The van der Waals surface area contributed by atoms with E-state index in [0.29, 0.717) is 0 Å². The summed E-state index contributed by atoms with van der Waals surface area (Å²) in [6, 6.07) is 1.56. The van der Waals surface area contributed by atoms with E-state index >= 15 is 0 Å². The van der Waals surface area contributed by atoms with Crippen LogP contribution >= 0.6 is 11.8 Å². The Bertz CT molecular complexity index is 503. The minimum absolute atomic E-state index is 0.0175. The third-order valence-corrected chi connectivity index (χ3v) is 4.34. The van der Waals surface area contributed by atoms with Gasteiger partial charge in [0.2, 0.25) is 0 Å². The average Bonchev–Trinajstić information content (AvgIpc) is 2.38. The summed E-state index contributed by atoms with van der Waals surface area (Å²) in [7, 11) is 0. The Morgan fingerprint density at radius 1 is 1.39 bits per heavy atom. The smallest absolute Gasteiger partial charge is 0.350 e. The van der Waals surface area contributed by atoms with Crippen molar-refractivity contribution in [2.75, 3.05) is 18.9 Å². The molecule has 4 N–H and O–H groups in total. The number of aliphatic hydroxyl groups excluding tert-OH is 2. The van der Waals surface area contributed by atoms with E-state index in [9.17, 15) is 9.90 Å². The summed E-state index contributed by atoms with van der Waals surface area (Å²) in [5.74, 6) is 0.0988. The van der Waals surface area contributed by atoms with Gasteiger partial charge in [0.15, 0.2) is 0 Å². The van der Waals surface area contributed by atoms with E-state index in [1.54, 1.807) is 12.3 Å². The number of nitrogen functional groups attached to an aromatic ring is 1. The second-order valence-electron chi connectivity index (χ2n) is 4.02. The van der Waals surface area contributed by atoms with Crippen LogP contribution in [0.2, 0.25) is 0 Å². The van der Waals surface area contributed by atoms with Crippen molar-refractivity contribution in [1.29, 1.82) is 0 Å². The van der Waals surface area contributed by atoms with Crippen LogP contribution in [0.5, 0.6) is 0 Å². The average molecular weight is 269 g/mol. The molecule has 1 aliphatic heterocycles. The molecule has 0 radical (unpaired) electrons. The van der Waals surface area contributed by atoms with E-state index in [0.717, 1.165) is 0 Å². The van der Waals surface area contributed by atoms with E-state index in [1.165, 1.54) is 16.3 Å². The van der Waals surface area contributed by atoms with E-state index in [2.05, 4.69) is 4.98 Å². The lowest BCUT2D eigenvalue weighted by Crippen LogP contribution is -2.32. The minimum atomic E-state index is -0.420. The van der Waals surface area contributed by atoms with Gasteiger partial charge >= 0.3 is 5.69 Å². The van der Waals surface area contributed by atoms with Crippen molar-refractivity contribution in [2.24, 2.45) is 5.92 Å². The molecule has 0 saturated carbocycles. The molecule has 0 spiro atoms. The Morgan fingerprint density at radius 3 is 2.78 bits per heavy atom. The van der Waals surface area contributed by atoms with E-state index in [1.807, 2.05) is 12.2 Å².